The lowest BCUT2D eigenvalue weighted by atomic mass is 10.2. The van der Waals surface area contributed by atoms with Crippen LogP contribution in [0, 0.1) is 0 Å². The summed E-state index contributed by atoms with van der Waals surface area (Å²) < 4.78 is 1.39. The summed E-state index contributed by atoms with van der Waals surface area (Å²) in [5.41, 5.74) is 1.16. The molecule has 2 aromatic rings. The summed E-state index contributed by atoms with van der Waals surface area (Å²) in [5.74, 6) is 0.252. The first-order valence-electron chi connectivity index (χ1n) is 8.10. The minimum Gasteiger partial charge on any atom is -0.352 e. The van der Waals surface area contributed by atoms with Crippen LogP contribution >= 0.6 is 11.6 Å². The molecule has 1 N–H and O–H groups in total. The zero-order chi connectivity index (χ0) is 17.7. The molecule has 0 bridgehead atoms. The van der Waals surface area contributed by atoms with Crippen molar-refractivity contribution in [3.8, 4) is 11.4 Å². The number of nitrogens with one attached hydrogen (secondary N) is 1. The molecule has 24 heavy (non-hydrogen) atoms. The molecule has 2 rings (SSSR count). The van der Waals surface area contributed by atoms with Gasteiger partial charge in [-0.1, -0.05) is 37.6 Å². The van der Waals surface area contributed by atoms with Gasteiger partial charge >= 0.3 is 0 Å². The third kappa shape index (κ3) is 4.45. The molecule has 0 spiro atoms. The van der Waals surface area contributed by atoms with E-state index < -0.39 is 0 Å². The Kier molecular flexibility index (Phi) is 6.15. The van der Waals surface area contributed by atoms with E-state index in [4.69, 9.17) is 11.6 Å². The smallest absolute Gasteiger partial charge is 0.254 e. The minimum absolute atomic E-state index is 0.0608. The highest BCUT2D eigenvalue weighted by Crippen LogP contribution is 2.20. The van der Waals surface area contributed by atoms with E-state index in [1.54, 1.807) is 18.2 Å². The van der Waals surface area contributed by atoms with Crippen molar-refractivity contribution in [3.05, 3.63) is 51.4 Å². The lowest BCUT2D eigenvalue weighted by Crippen LogP contribution is -2.37. The molecule has 0 saturated heterocycles. The van der Waals surface area contributed by atoms with Crippen molar-refractivity contribution in [2.75, 3.05) is 0 Å². The van der Waals surface area contributed by atoms with Gasteiger partial charge in [-0.15, -0.1) is 0 Å². The second kappa shape index (κ2) is 8.11. The lowest BCUT2D eigenvalue weighted by molar-refractivity contribution is -0.122. The van der Waals surface area contributed by atoms with Crippen LogP contribution in [0.25, 0.3) is 11.4 Å². The van der Waals surface area contributed by atoms with Crippen molar-refractivity contribution in [2.24, 2.45) is 0 Å². The highest BCUT2D eigenvalue weighted by Gasteiger charge is 2.15. The summed E-state index contributed by atoms with van der Waals surface area (Å²) >= 11 is 6.06. The van der Waals surface area contributed by atoms with Gasteiger partial charge in [-0.2, -0.15) is 0 Å². The van der Waals surface area contributed by atoms with Crippen LogP contribution in [0.4, 0.5) is 0 Å². The lowest BCUT2D eigenvalue weighted by Gasteiger charge is -2.15. The zero-order valence-electron chi connectivity index (χ0n) is 14.2. The zero-order valence-corrected chi connectivity index (χ0v) is 14.9. The molecule has 1 amide bonds. The highest BCUT2D eigenvalue weighted by atomic mass is 35.5. The van der Waals surface area contributed by atoms with E-state index in [0.29, 0.717) is 28.5 Å². The van der Waals surface area contributed by atoms with Gasteiger partial charge in [0.05, 0.1) is 0 Å². The van der Waals surface area contributed by atoms with Crippen molar-refractivity contribution in [1.29, 1.82) is 0 Å². The van der Waals surface area contributed by atoms with Crippen LogP contribution in [-0.4, -0.2) is 21.5 Å². The van der Waals surface area contributed by atoms with Crippen molar-refractivity contribution < 1.29 is 4.79 Å². The Morgan fingerprint density at radius 3 is 2.71 bits per heavy atom. The number of aromatic nitrogens is 2. The van der Waals surface area contributed by atoms with Gasteiger partial charge in [0.1, 0.15) is 12.4 Å². The number of benzene rings is 1. The number of carbonyl (C=O) groups excluding carboxylic acids is 1. The van der Waals surface area contributed by atoms with Crippen molar-refractivity contribution in [3.63, 3.8) is 0 Å². The molecule has 1 unspecified atom stereocenters. The molecule has 128 valence electrons. The van der Waals surface area contributed by atoms with Gasteiger partial charge in [0.2, 0.25) is 5.91 Å². The number of carbonyl (C=O) groups is 1. The molecular weight excluding hydrogens is 326 g/mol. The van der Waals surface area contributed by atoms with Crippen LogP contribution in [-0.2, 0) is 17.8 Å². The van der Waals surface area contributed by atoms with Crippen LogP contribution in [0.3, 0.4) is 0 Å². The summed E-state index contributed by atoms with van der Waals surface area (Å²) in [4.78, 5) is 29.2. The molecule has 1 atom stereocenters. The fraction of sp³-hybridized carbons (Fsp3) is 0.389. The maximum atomic E-state index is 12.5. The summed E-state index contributed by atoms with van der Waals surface area (Å²) in [7, 11) is 0. The number of aryl methyl sites for hydroxylation is 1. The van der Waals surface area contributed by atoms with E-state index in [1.165, 1.54) is 10.6 Å². The summed E-state index contributed by atoms with van der Waals surface area (Å²) in [6.07, 6.45) is 1.47. The average molecular weight is 348 g/mol. The topological polar surface area (TPSA) is 64.0 Å². The van der Waals surface area contributed by atoms with Gasteiger partial charge in [-0.3, -0.25) is 14.2 Å². The maximum Gasteiger partial charge on any atom is 0.254 e. The van der Waals surface area contributed by atoms with Gasteiger partial charge in [0.25, 0.3) is 5.56 Å². The van der Waals surface area contributed by atoms with Crippen LogP contribution in [0.15, 0.2) is 35.1 Å². The van der Waals surface area contributed by atoms with E-state index in [-0.39, 0.29) is 24.1 Å². The second-order valence-electron chi connectivity index (χ2n) is 5.74. The summed E-state index contributed by atoms with van der Waals surface area (Å²) in [6, 6.07) is 8.66. The number of hydrogen-bond donors (Lipinski definition) is 1. The summed E-state index contributed by atoms with van der Waals surface area (Å²) in [6.45, 7) is 5.79. The van der Waals surface area contributed by atoms with Gasteiger partial charge in [-0.25, -0.2) is 4.98 Å². The van der Waals surface area contributed by atoms with Crippen LogP contribution in [0.1, 0.15) is 32.9 Å². The quantitative estimate of drug-likeness (QED) is 0.873. The highest BCUT2D eigenvalue weighted by molar-refractivity contribution is 6.30. The number of nitrogens with zero attached hydrogens (tertiary/aromatic N) is 2. The number of hydrogen-bond acceptors (Lipinski definition) is 3. The minimum atomic E-state index is -0.240. The average Bonchev–Trinajstić information content (AvgIpc) is 2.56. The number of halogens is 1. The molecule has 0 fully saturated rings. The molecular formula is C18H22ClN3O2. The normalized spacial score (nSPS) is 12.0. The predicted octanol–water partition coefficient (Wildman–Crippen LogP) is 3.04. The van der Waals surface area contributed by atoms with Crippen LogP contribution < -0.4 is 10.9 Å². The fourth-order valence-corrected chi connectivity index (χ4v) is 2.49. The van der Waals surface area contributed by atoms with E-state index >= 15 is 0 Å². The molecule has 5 nitrogen and oxygen atoms in total. The molecule has 1 heterocycles. The first-order chi connectivity index (χ1) is 11.4. The Bertz CT molecular complexity index is 786. The molecule has 6 heteroatoms. The van der Waals surface area contributed by atoms with E-state index in [0.717, 1.165) is 6.42 Å². The van der Waals surface area contributed by atoms with Crippen LogP contribution in [0.5, 0.6) is 0 Å². The van der Waals surface area contributed by atoms with Crippen molar-refractivity contribution in [1.82, 2.24) is 14.9 Å². The number of rotatable bonds is 6. The molecule has 0 radical (unpaired) electrons. The Morgan fingerprint density at radius 1 is 1.33 bits per heavy atom. The maximum absolute atomic E-state index is 12.5. The molecule has 0 aliphatic heterocycles. The fourth-order valence-electron chi connectivity index (χ4n) is 2.30. The van der Waals surface area contributed by atoms with E-state index in [2.05, 4.69) is 10.3 Å². The van der Waals surface area contributed by atoms with Crippen molar-refractivity contribution >= 4 is 17.5 Å². The Labute approximate surface area is 146 Å². The standard InChI is InChI=1S/C18H22ClN3O2/c1-4-12(3)20-16(23)11-22-17(24)10-15(5-2)21-18(22)13-7-6-8-14(19)9-13/h6-10,12H,4-5,11H2,1-3H3,(H,20,23). The predicted molar refractivity (Wildman–Crippen MR) is 96.2 cm³/mol. The largest absolute Gasteiger partial charge is 0.352 e. The Morgan fingerprint density at radius 2 is 2.08 bits per heavy atom. The van der Waals surface area contributed by atoms with Crippen LogP contribution in [0.2, 0.25) is 5.02 Å². The van der Waals surface area contributed by atoms with Gasteiger partial charge in [-0.05, 0) is 31.9 Å². The Hall–Kier alpha value is -2.14. The third-order valence-electron chi connectivity index (χ3n) is 3.83. The molecule has 1 aromatic carbocycles. The number of amides is 1. The van der Waals surface area contributed by atoms with E-state index in [9.17, 15) is 9.59 Å². The molecule has 0 saturated carbocycles. The van der Waals surface area contributed by atoms with E-state index in [1.807, 2.05) is 26.8 Å². The monoisotopic (exact) mass is 347 g/mol. The SMILES string of the molecule is CCc1cc(=O)n(CC(=O)NC(C)CC)c(-c2cccc(Cl)c2)n1. The first kappa shape index (κ1) is 18.2. The molecule has 1 aromatic heterocycles. The van der Waals surface area contributed by atoms with Gasteiger partial charge in [0, 0.05) is 28.4 Å². The second-order valence-corrected chi connectivity index (χ2v) is 6.17. The summed E-state index contributed by atoms with van der Waals surface area (Å²) in [5, 5.41) is 3.43. The first-order valence-corrected chi connectivity index (χ1v) is 8.48. The third-order valence-corrected chi connectivity index (χ3v) is 4.06. The van der Waals surface area contributed by atoms with Gasteiger partial charge < -0.3 is 5.32 Å². The molecule has 0 aliphatic rings. The van der Waals surface area contributed by atoms with Gasteiger partial charge in [0.15, 0.2) is 0 Å². The molecule has 0 aliphatic carbocycles. The Balaban J connectivity index is 2.46. The van der Waals surface area contributed by atoms with Crippen molar-refractivity contribution in [2.45, 2.75) is 46.2 Å².